The van der Waals surface area contributed by atoms with Crippen LogP contribution in [0.5, 0.6) is 5.75 Å². The lowest BCUT2D eigenvalue weighted by molar-refractivity contribution is 0.414. The van der Waals surface area contributed by atoms with Gasteiger partial charge in [0, 0.05) is 23.9 Å². The molecule has 118 valence electrons. The highest BCUT2D eigenvalue weighted by Crippen LogP contribution is 2.40. The molecule has 21 heavy (non-hydrogen) atoms. The van der Waals surface area contributed by atoms with Gasteiger partial charge in [-0.05, 0) is 50.7 Å². The molecular formula is C18H29NOS. The second kappa shape index (κ2) is 7.79. The minimum absolute atomic E-state index is 0.0341. The molecule has 1 aromatic rings. The lowest BCUT2D eigenvalue weighted by atomic mass is 9.88. The van der Waals surface area contributed by atoms with Crippen molar-refractivity contribution in [2.45, 2.75) is 46.6 Å². The molecule has 2 rings (SSSR count). The normalized spacial score (nSPS) is 15.6. The van der Waals surface area contributed by atoms with Crippen molar-refractivity contribution in [2.24, 2.45) is 0 Å². The summed E-state index contributed by atoms with van der Waals surface area (Å²) in [6, 6.07) is 6.33. The summed E-state index contributed by atoms with van der Waals surface area (Å²) in [6.07, 6.45) is 3.43. The van der Waals surface area contributed by atoms with Crippen molar-refractivity contribution in [2.75, 3.05) is 24.3 Å². The lowest BCUT2D eigenvalue weighted by Gasteiger charge is -2.43. The van der Waals surface area contributed by atoms with Gasteiger partial charge in [-0.25, -0.2) is 0 Å². The van der Waals surface area contributed by atoms with Gasteiger partial charge >= 0.3 is 0 Å². The topological polar surface area (TPSA) is 12.5 Å². The maximum absolute atomic E-state index is 5.38. The smallest absolute Gasteiger partial charge is 0.120 e. The van der Waals surface area contributed by atoms with Crippen LogP contribution in [0.2, 0.25) is 0 Å². The van der Waals surface area contributed by atoms with E-state index < -0.39 is 0 Å². The standard InChI is InChI=1S/C16H23NOS.C2H6/c1-12-11-16(2,3)17(8-5-9-19)15-10-13(18-4)6-7-14(12)15;1-2/h6-7,10-11,19H,5,8-9H2,1-4H3;1-2H3. The first-order valence-corrected chi connectivity index (χ1v) is 8.39. The Hall–Kier alpha value is -1.09. The molecule has 0 bridgehead atoms. The SMILES string of the molecule is CC.COc1ccc2c(c1)N(CCCS)C(C)(C)C=C2C. The molecule has 0 unspecified atom stereocenters. The summed E-state index contributed by atoms with van der Waals surface area (Å²) in [5, 5.41) is 0. The first-order chi connectivity index (χ1) is 9.99. The van der Waals surface area contributed by atoms with Crippen LogP contribution in [0.1, 0.15) is 46.6 Å². The summed E-state index contributed by atoms with van der Waals surface area (Å²) in [6.45, 7) is 11.7. The van der Waals surface area contributed by atoms with Crippen LogP contribution in [0, 0.1) is 0 Å². The molecule has 1 aromatic carbocycles. The van der Waals surface area contributed by atoms with Crippen LogP contribution < -0.4 is 9.64 Å². The molecule has 1 heterocycles. The average molecular weight is 308 g/mol. The molecule has 0 aromatic heterocycles. The second-order valence-corrected chi connectivity index (χ2v) is 6.04. The predicted octanol–water partition coefficient (Wildman–Crippen LogP) is 5.04. The molecule has 0 radical (unpaired) electrons. The van der Waals surface area contributed by atoms with Gasteiger partial charge in [0.2, 0.25) is 0 Å². The zero-order valence-corrected chi connectivity index (χ0v) is 15.1. The molecule has 2 nitrogen and oxygen atoms in total. The van der Waals surface area contributed by atoms with E-state index in [1.54, 1.807) is 7.11 Å². The fourth-order valence-electron chi connectivity index (χ4n) is 2.83. The number of anilines is 1. The van der Waals surface area contributed by atoms with Crippen LogP contribution in [-0.2, 0) is 0 Å². The molecule has 0 N–H and O–H groups in total. The number of rotatable bonds is 4. The summed E-state index contributed by atoms with van der Waals surface area (Å²) >= 11 is 4.34. The van der Waals surface area contributed by atoms with Crippen LogP contribution >= 0.6 is 12.6 Å². The van der Waals surface area contributed by atoms with Gasteiger partial charge in [-0.1, -0.05) is 19.9 Å². The monoisotopic (exact) mass is 307 g/mol. The maximum atomic E-state index is 5.38. The van der Waals surface area contributed by atoms with Gasteiger partial charge in [0.05, 0.1) is 12.6 Å². The van der Waals surface area contributed by atoms with Crippen molar-refractivity contribution in [1.29, 1.82) is 0 Å². The molecule has 0 aliphatic carbocycles. The minimum atomic E-state index is 0.0341. The quantitative estimate of drug-likeness (QED) is 0.782. The summed E-state index contributed by atoms with van der Waals surface area (Å²) in [4.78, 5) is 2.45. The molecule has 0 amide bonds. The van der Waals surface area contributed by atoms with Crippen molar-refractivity contribution in [3.8, 4) is 5.75 Å². The van der Waals surface area contributed by atoms with Crippen LogP contribution in [0.3, 0.4) is 0 Å². The van der Waals surface area contributed by atoms with Gasteiger partial charge < -0.3 is 9.64 Å². The lowest BCUT2D eigenvalue weighted by Crippen LogP contribution is -2.45. The number of thiol groups is 1. The number of nitrogens with zero attached hydrogens (tertiary/aromatic N) is 1. The summed E-state index contributed by atoms with van der Waals surface area (Å²) in [5.41, 5.74) is 3.95. The predicted molar refractivity (Wildman–Crippen MR) is 97.9 cm³/mol. The van der Waals surface area contributed by atoms with Crippen LogP contribution in [0.15, 0.2) is 24.3 Å². The number of allylic oxidation sites excluding steroid dienone is 1. The Bertz CT molecular complexity index is 494. The molecule has 0 saturated heterocycles. The van der Waals surface area contributed by atoms with Crippen molar-refractivity contribution >= 4 is 23.9 Å². The van der Waals surface area contributed by atoms with Crippen molar-refractivity contribution in [3.63, 3.8) is 0 Å². The minimum Gasteiger partial charge on any atom is -0.497 e. The number of hydrogen-bond donors (Lipinski definition) is 1. The van der Waals surface area contributed by atoms with E-state index in [-0.39, 0.29) is 5.54 Å². The third-order valence-electron chi connectivity index (χ3n) is 3.73. The largest absolute Gasteiger partial charge is 0.497 e. The summed E-state index contributed by atoms with van der Waals surface area (Å²) in [5.74, 6) is 1.83. The van der Waals surface area contributed by atoms with Gasteiger partial charge in [0.15, 0.2) is 0 Å². The van der Waals surface area contributed by atoms with Crippen molar-refractivity contribution in [1.82, 2.24) is 0 Å². The van der Waals surface area contributed by atoms with E-state index in [4.69, 9.17) is 4.74 Å². The van der Waals surface area contributed by atoms with E-state index in [9.17, 15) is 0 Å². The van der Waals surface area contributed by atoms with Crippen LogP contribution in [0.4, 0.5) is 5.69 Å². The maximum Gasteiger partial charge on any atom is 0.120 e. The third kappa shape index (κ3) is 3.97. The number of benzene rings is 1. The van der Waals surface area contributed by atoms with E-state index in [0.29, 0.717) is 0 Å². The van der Waals surface area contributed by atoms with Gasteiger partial charge in [0.25, 0.3) is 0 Å². The van der Waals surface area contributed by atoms with Gasteiger partial charge in [-0.15, -0.1) is 0 Å². The Morgan fingerprint density at radius 3 is 2.48 bits per heavy atom. The summed E-state index contributed by atoms with van der Waals surface area (Å²) in [7, 11) is 1.72. The second-order valence-electron chi connectivity index (χ2n) is 5.59. The fourth-order valence-corrected chi connectivity index (χ4v) is 2.97. The number of fused-ring (bicyclic) bond motifs is 1. The van der Waals surface area contributed by atoms with Crippen molar-refractivity contribution < 1.29 is 4.74 Å². The first kappa shape index (κ1) is 18.0. The number of ether oxygens (including phenoxy) is 1. The molecule has 0 fully saturated rings. The Morgan fingerprint density at radius 1 is 1.24 bits per heavy atom. The van der Waals surface area contributed by atoms with E-state index >= 15 is 0 Å². The van der Waals surface area contributed by atoms with E-state index in [2.05, 4.69) is 56.5 Å². The molecule has 1 aliphatic heterocycles. The number of hydrogen-bond acceptors (Lipinski definition) is 3. The fraction of sp³-hybridized carbons (Fsp3) is 0.556. The Balaban J connectivity index is 0.00000106. The highest BCUT2D eigenvalue weighted by atomic mass is 32.1. The third-order valence-corrected chi connectivity index (χ3v) is 4.04. The van der Waals surface area contributed by atoms with E-state index in [1.165, 1.54) is 16.8 Å². The van der Waals surface area contributed by atoms with E-state index in [1.807, 2.05) is 19.9 Å². The van der Waals surface area contributed by atoms with Gasteiger partial charge in [-0.2, -0.15) is 12.6 Å². The molecule has 0 spiro atoms. The van der Waals surface area contributed by atoms with E-state index in [0.717, 1.165) is 24.5 Å². The zero-order chi connectivity index (χ0) is 16.0. The van der Waals surface area contributed by atoms with Crippen LogP contribution in [0.25, 0.3) is 5.57 Å². The average Bonchev–Trinajstić information content (AvgIpc) is 2.47. The molecular weight excluding hydrogens is 278 g/mol. The Labute approximate surface area is 135 Å². The van der Waals surface area contributed by atoms with Gasteiger partial charge in [-0.3, -0.25) is 0 Å². The Morgan fingerprint density at radius 2 is 1.90 bits per heavy atom. The van der Waals surface area contributed by atoms with Gasteiger partial charge in [0.1, 0.15) is 5.75 Å². The molecule has 1 aliphatic rings. The van der Waals surface area contributed by atoms with Crippen LogP contribution in [-0.4, -0.2) is 24.9 Å². The zero-order valence-electron chi connectivity index (χ0n) is 14.2. The number of methoxy groups -OCH3 is 1. The summed E-state index contributed by atoms with van der Waals surface area (Å²) < 4.78 is 5.38. The molecule has 0 saturated carbocycles. The highest BCUT2D eigenvalue weighted by Gasteiger charge is 2.30. The molecule has 3 heteroatoms. The first-order valence-electron chi connectivity index (χ1n) is 7.76. The molecule has 0 atom stereocenters. The Kier molecular flexibility index (Phi) is 6.66. The highest BCUT2D eigenvalue weighted by molar-refractivity contribution is 7.80. The van der Waals surface area contributed by atoms with Crippen molar-refractivity contribution in [3.05, 3.63) is 29.8 Å².